The fourth-order valence-corrected chi connectivity index (χ4v) is 1.65. The molecule has 2 aromatic carbocycles. The Morgan fingerprint density at radius 2 is 2.23 bits per heavy atom. The first-order valence-electron chi connectivity index (χ1n) is 3.99. The summed E-state index contributed by atoms with van der Waals surface area (Å²) < 4.78 is 6.17. The first-order chi connectivity index (χ1) is 6.42. The number of rotatable bonds is 2. The van der Waals surface area contributed by atoms with Gasteiger partial charge in [0.05, 0.1) is 0 Å². The summed E-state index contributed by atoms with van der Waals surface area (Å²) in [6, 6.07) is 15.0. The Morgan fingerprint density at radius 1 is 1.31 bits per heavy atom. The highest BCUT2D eigenvalue weighted by molar-refractivity contribution is 14.1. The van der Waals surface area contributed by atoms with Gasteiger partial charge in [0.15, 0.2) is 0 Å². The van der Waals surface area contributed by atoms with E-state index in [1.54, 1.807) is 0 Å². The van der Waals surface area contributed by atoms with Crippen LogP contribution in [-0.4, -0.2) is 4.61 Å². The van der Waals surface area contributed by atoms with E-state index >= 15 is 0 Å². The van der Waals surface area contributed by atoms with Crippen LogP contribution in [-0.2, 0) is 0 Å². The van der Waals surface area contributed by atoms with Gasteiger partial charge in [0.1, 0.15) is 10.4 Å². The van der Waals surface area contributed by atoms with Crippen LogP contribution < -0.4 is 4.74 Å². The van der Waals surface area contributed by atoms with Gasteiger partial charge < -0.3 is 4.74 Å². The van der Waals surface area contributed by atoms with Crippen LogP contribution in [0.1, 0.15) is 0 Å². The minimum absolute atomic E-state index is 0.676. The lowest BCUT2D eigenvalue weighted by molar-refractivity contribution is 0.409. The molecule has 1 nitrogen and oxygen atoms in total. The molecule has 2 rings (SSSR count). The highest BCUT2D eigenvalue weighted by atomic mass is 127. The molecule has 0 fully saturated rings. The average Bonchev–Trinajstić information content (AvgIpc) is 2.19. The molecule has 0 atom stereocenters. The summed E-state index contributed by atoms with van der Waals surface area (Å²) in [4.78, 5) is 0. The first kappa shape index (κ1) is 8.81. The molecule has 0 saturated carbocycles. The minimum Gasteiger partial charge on any atom is -0.483 e. The van der Waals surface area contributed by atoms with Gasteiger partial charge in [-0.25, -0.2) is 0 Å². The van der Waals surface area contributed by atoms with E-state index in [9.17, 15) is 0 Å². The maximum atomic E-state index is 5.49. The van der Waals surface area contributed by atoms with Gasteiger partial charge >= 0.3 is 0 Å². The molecule has 0 aliphatic carbocycles. The molecular formula is C11H8IO. The second-order valence-corrected chi connectivity index (χ2v) is 3.28. The van der Waals surface area contributed by atoms with Gasteiger partial charge in [0, 0.05) is 5.39 Å². The standard InChI is InChI=1S/C11H8IO/c12-8-13-11-7-3-5-9-4-1-2-6-10(9)11/h2-7H,8H2. The van der Waals surface area contributed by atoms with E-state index in [0.717, 1.165) is 11.1 Å². The molecule has 0 bridgehead atoms. The molecule has 0 N–H and O–H groups in total. The van der Waals surface area contributed by atoms with Crippen molar-refractivity contribution in [3.8, 4) is 5.75 Å². The van der Waals surface area contributed by atoms with Crippen molar-refractivity contribution in [2.75, 3.05) is 4.61 Å². The lowest BCUT2D eigenvalue weighted by Gasteiger charge is -2.05. The molecule has 0 unspecified atom stereocenters. The fourth-order valence-electron chi connectivity index (χ4n) is 1.32. The average molecular weight is 283 g/mol. The smallest absolute Gasteiger partial charge is 0.139 e. The van der Waals surface area contributed by atoms with Crippen LogP contribution in [0.4, 0.5) is 0 Å². The van der Waals surface area contributed by atoms with Crippen LogP contribution in [0.15, 0.2) is 36.4 Å². The van der Waals surface area contributed by atoms with E-state index in [-0.39, 0.29) is 0 Å². The van der Waals surface area contributed by atoms with Crippen LogP contribution >= 0.6 is 22.6 Å². The third kappa shape index (κ3) is 1.77. The zero-order valence-corrected chi connectivity index (χ0v) is 9.11. The quantitative estimate of drug-likeness (QED) is 0.606. The Morgan fingerprint density at radius 3 is 3.08 bits per heavy atom. The SMILES string of the molecule is ICOc1cccc2c[c]ccc12. The van der Waals surface area contributed by atoms with Gasteiger partial charge in [-0.1, -0.05) is 24.3 Å². The molecule has 0 aliphatic rings. The predicted molar refractivity (Wildman–Crippen MR) is 62.3 cm³/mol. The molecule has 0 aromatic heterocycles. The van der Waals surface area contributed by atoms with Gasteiger partial charge in [-0.3, -0.25) is 0 Å². The van der Waals surface area contributed by atoms with Crippen LogP contribution in [0.2, 0.25) is 0 Å². The van der Waals surface area contributed by atoms with Gasteiger partial charge in [0.25, 0.3) is 0 Å². The van der Waals surface area contributed by atoms with Crippen molar-refractivity contribution in [1.82, 2.24) is 0 Å². The van der Waals surface area contributed by atoms with Gasteiger partial charge in [0.2, 0.25) is 0 Å². The summed E-state index contributed by atoms with van der Waals surface area (Å²) in [7, 11) is 0. The number of alkyl halides is 1. The third-order valence-electron chi connectivity index (χ3n) is 1.89. The number of benzene rings is 2. The van der Waals surface area contributed by atoms with Crippen LogP contribution in [0.25, 0.3) is 10.8 Å². The molecule has 1 radical (unpaired) electrons. The summed E-state index contributed by atoms with van der Waals surface area (Å²) in [6.07, 6.45) is 0. The van der Waals surface area contributed by atoms with Crippen molar-refractivity contribution in [1.29, 1.82) is 0 Å². The zero-order chi connectivity index (χ0) is 9.10. The normalized spacial score (nSPS) is 10.2. The topological polar surface area (TPSA) is 9.23 Å². The van der Waals surface area contributed by atoms with Crippen LogP contribution in [0.5, 0.6) is 5.75 Å². The monoisotopic (exact) mass is 283 g/mol. The molecule has 0 spiro atoms. The van der Waals surface area contributed by atoms with E-state index in [1.165, 1.54) is 5.39 Å². The second kappa shape index (κ2) is 3.96. The van der Waals surface area contributed by atoms with E-state index in [1.807, 2.05) is 30.3 Å². The second-order valence-electron chi connectivity index (χ2n) is 2.66. The number of hydrogen-bond donors (Lipinski definition) is 0. The van der Waals surface area contributed by atoms with E-state index in [2.05, 4.69) is 34.7 Å². The number of halogens is 1. The van der Waals surface area contributed by atoms with E-state index < -0.39 is 0 Å². The highest BCUT2D eigenvalue weighted by Gasteiger charge is 1.98. The van der Waals surface area contributed by atoms with Gasteiger partial charge in [-0.15, -0.1) is 0 Å². The highest BCUT2D eigenvalue weighted by Crippen LogP contribution is 2.25. The lowest BCUT2D eigenvalue weighted by atomic mass is 10.1. The molecule has 13 heavy (non-hydrogen) atoms. The summed E-state index contributed by atoms with van der Waals surface area (Å²) in [5.74, 6) is 0.945. The van der Waals surface area contributed by atoms with Crippen molar-refractivity contribution in [2.45, 2.75) is 0 Å². The fraction of sp³-hybridized carbons (Fsp3) is 0.0909. The molecule has 65 valence electrons. The number of ether oxygens (including phenoxy) is 1. The Hall–Kier alpha value is -0.770. The van der Waals surface area contributed by atoms with E-state index in [4.69, 9.17) is 4.74 Å². The molecule has 0 aliphatic heterocycles. The molecule has 2 heteroatoms. The first-order valence-corrected chi connectivity index (χ1v) is 5.52. The number of hydrogen-bond acceptors (Lipinski definition) is 1. The Bertz CT molecular complexity index is 406. The molecule has 0 saturated heterocycles. The maximum Gasteiger partial charge on any atom is 0.139 e. The van der Waals surface area contributed by atoms with Crippen molar-refractivity contribution in [3.63, 3.8) is 0 Å². The lowest BCUT2D eigenvalue weighted by Crippen LogP contribution is -1.88. The third-order valence-corrected chi connectivity index (χ3v) is 2.21. The predicted octanol–water partition coefficient (Wildman–Crippen LogP) is 3.41. The summed E-state index contributed by atoms with van der Waals surface area (Å²) in [5.41, 5.74) is 0. The maximum absolute atomic E-state index is 5.49. The molecule has 0 heterocycles. The number of fused-ring (bicyclic) bond motifs is 1. The summed E-state index contributed by atoms with van der Waals surface area (Å²) in [5, 5.41) is 2.32. The van der Waals surface area contributed by atoms with E-state index in [0.29, 0.717) is 4.61 Å². The van der Waals surface area contributed by atoms with Crippen molar-refractivity contribution in [3.05, 3.63) is 42.5 Å². The largest absolute Gasteiger partial charge is 0.483 e. The molecule has 0 amide bonds. The van der Waals surface area contributed by atoms with Crippen molar-refractivity contribution in [2.24, 2.45) is 0 Å². The summed E-state index contributed by atoms with van der Waals surface area (Å²) >= 11 is 2.19. The zero-order valence-electron chi connectivity index (χ0n) is 6.96. The molecule has 2 aromatic rings. The molecular weight excluding hydrogens is 275 g/mol. The minimum atomic E-state index is 0.676. The Labute approximate surface area is 90.9 Å². The van der Waals surface area contributed by atoms with Crippen LogP contribution in [0, 0.1) is 6.07 Å². The Kier molecular flexibility index (Phi) is 2.68. The summed E-state index contributed by atoms with van der Waals surface area (Å²) in [6.45, 7) is 0. The van der Waals surface area contributed by atoms with Gasteiger partial charge in [-0.05, 0) is 46.2 Å². The van der Waals surface area contributed by atoms with Crippen molar-refractivity contribution < 1.29 is 4.74 Å². The van der Waals surface area contributed by atoms with Crippen molar-refractivity contribution >= 4 is 33.4 Å². The Balaban J connectivity index is 2.61. The van der Waals surface area contributed by atoms with Crippen LogP contribution in [0.3, 0.4) is 0 Å². The van der Waals surface area contributed by atoms with Gasteiger partial charge in [-0.2, -0.15) is 0 Å².